The molecular weight excluding hydrogens is 249 g/mol. The zero-order valence-corrected chi connectivity index (χ0v) is 9.12. The van der Waals surface area contributed by atoms with Crippen LogP contribution in [-0.4, -0.2) is 16.9 Å². The van der Waals surface area contributed by atoms with E-state index in [1.54, 1.807) is 0 Å². The van der Waals surface area contributed by atoms with Crippen molar-refractivity contribution in [1.29, 1.82) is 0 Å². The molecule has 1 aromatic carbocycles. The monoisotopic (exact) mass is 258 g/mol. The Bertz CT molecular complexity index is 516. The molecule has 0 amide bonds. The maximum absolute atomic E-state index is 12.5. The summed E-state index contributed by atoms with van der Waals surface area (Å²) in [6.45, 7) is 0. The quantitative estimate of drug-likeness (QED) is 0.670. The molecule has 0 unspecified atom stereocenters. The van der Waals surface area contributed by atoms with Crippen molar-refractivity contribution in [2.45, 2.75) is 19.0 Å². The molecule has 2 rings (SSSR count). The summed E-state index contributed by atoms with van der Waals surface area (Å²) < 4.78 is 37.4. The van der Waals surface area contributed by atoms with Gasteiger partial charge < -0.3 is 5.11 Å². The summed E-state index contributed by atoms with van der Waals surface area (Å²) in [6, 6.07) is 3.86. The molecule has 18 heavy (non-hydrogen) atoms. The van der Waals surface area contributed by atoms with E-state index in [9.17, 15) is 22.8 Å². The van der Waals surface area contributed by atoms with Crippen molar-refractivity contribution in [2.75, 3.05) is 0 Å². The first-order valence-electron chi connectivity index (χ1n) is 5.23. The summed E-state index contributed by atoms with van der Waals surface area (Å²) in [7, 11) is 0. The van der Waals surface area contributed by atoms with E-state index in [4.69, 9.17) is 5.11 Å². The highest BCUT2D eigenvalue weighted by Crippen LogP contribution is 2.48. The van der Waals surface area contributed by atoms with Crippen LogP contribution in [0, 0.1) is 5.41 Å². The second-order valence-electron chi connectivity index (χ2n) is 4.29. The summed E-state index contributed by atoms with van der Waals surface area (Å²) in [4.78, 5) is 22.8. The fraction of sp³-hybridized carbons (Fsp3) is 0.333. The summed E-state index contributed by atoms with van der Waals surface area (Å²) in [5.74, 6) is -2.02. The van der Waals surface area contributed by atoms with Crippen molar-refractivity contribution in [3.8, 4) is 0 Å². The Morgan fingerprint density at radius 3 is 2.28 bits per heavy atom. The van der Waals surface area contributed by atoms with Gasteiger partial charge in [0, 0.05) is 5.56 Å². The number of carbonyl (C=O) groups is 2. The van der Waals surface area contributed by atoms with Gasteiger partial charge in [-0.2, -0.15) is 13.2 Å². The third-order valence-electron chi connectivity index (χ3n) is 3.05. The number of halogens is 3. The van der Waals surface area contributed by atoms with Crippen molar-refractivity contribution >= 4 is 11.8 Å². The Morgan fingerprint density at radius 2 is 1.83 bits per heavy atom. The number of rotatable bonds is 3. The lowest BCUT2D eigenvalue weighted by molar-refractivity contribution is -0.141. The lowest BCUT2D eigenvalue weighted by Gasteiger charge is -2.11. The first-order chi connectivity index (χ1) is 8.27. The molecule has 0 aliphatic heterocycles. The molecule has 0 bridgehead atoms. The van der Waals surface area contributed by atoms with Crippen LogP contribution in [0.3, 0.4) is 0 Å². The first-order valence-corrected chi connectivity index (χ1v) is 5.23. The molecule has 96 valence electrons. The Hall–Kier alpha value is -1.85. The number of hydrogen-bond acceptors (Lipinski definition) is 2. The number of ketones is 1. The summed E-state index contributed by atoms with van der Waals surface area (Å²) in [5, 5.41) is 8.92. The topological polar surface area (TPSA) is 54.4 Å². The maximum Gasteiger partial charge on any atom is 0.416 e. The van der Waals surface area contributed by atoms with Crippen LogP contribution in [0.15, 0.2) is 24.3 Å². The third kappa shape index (κ3) is 1.98. The SMILES string of the molecule is O=C(O)C1(C(=O)c2cccc(C(F)(F)F)c2)CC1. The fourth-order valence-electron chi connectivity index (χ4n) is 1.78. The molecule has 6 heteroatoms. The number of carbonyl (C=O) groups excluding carboxylic acids is 1. The van der Waals surface area contributed by atoms with Gasteiger partial charge in [0.15, 0.2) is 5.78 Å². The van der Waals surface area contributed by atoms with Crippen LogP contribution in [0.2, 0.25) is 0 Å². The number of hydrogen-bond donors (Lipinski definition) is 1. The van der Waals surface area contributed by atoms with Crippen molar-refractivity contribution in [1.82, 2.24) is 0 Å². The molecule has 0 saturated heterocycles. The van der Waals surface area contributed by atoms with E-state index < -0.39 is 28.9 Å². The number of aliphatic carboxylic acids is 1. The number of carboxylic acid groups (broad SMARTS) is 1. The molecule has 1 saturated carbocycles. The smallest absolute Gasteiger partial charge is 0.416 e. The van der Waals surface area contributed by atoms with Crippen LogP contribution < -0.4 is 0 Å². The van der Waals surface area contributed by atoms with E-state index in [2.05, 4.69) is 0 Å². The molecule has 3 nitrogen and oxygen atoms in total. The Kier molecular flexibility index (Phi) is 2.68. The van der Waals surface area contributed by atoms with Gasteiger partial charge in [-0.05, 0) is 25.0 Å². The zero-order valence-electron chi connectivity index (χ0n) is 9.12. The van der Waals surface area contributed by atoms with E-state index in [-0.39, 0.29) is 18.4 Å². The van der Waals surface area contributed by atoms with E-state index >= 15 is 0 Å². The Morgan fingerprint density at radius 1 is 1.22 bits per heavy atom. The number of Topliss-reactive ketones (excluding diaryl/α,β-unsaturated/α-hetero) is 1. The van der Waals surface area contributed by atoms with Crippen LogP contribution >= 0.6 is 0 Å². The standard InChI is InChI=1S/C12H9F3O3/c13-12(14,15)8-3-1-2-7(6-8)9(16)11(4-5-11)10(17)18/h1-3,6H,4-5H2,(H,17,18). The average Bonchev–Trinajstić information content (AvgIpc) is 3.08. The molecule has 0 heterocycles. The lowest BCUT2D eigenvalue weighted by Crippen LogP contribution is -2.25. The van der Waals surface area contributed by atoms with Crippen molar-refractivity contribution < 1.29 is 27.9 Å². The van der Waals surface area contributed by atoms with Gasteiger partial charge in [-0.25, -0.2) is 0 Å². The molecule has 1 N–H and O–H groups in total. The highest BCUT2D eigenvalue weighted by molar-refractivity contribution is 6.14. The average molecular weight is 258 g/mol. The fourth-order valence-corrected chi connectivity index (χ4v) is 1.78. The largest absolute Gasteiger partial charge is 0.480 e. The zero-order chi connectivity index (χ0) is 13.6. The minimum absolute atomic E-state index is 0.178. The minimum atomic E-state index is -4.55. The van der Waals surface area contributed by atoms with Gasteiger partial charge in [0.05, 0.1) is 5.56 Å². The van der Waals surface area contributed by atoms with Gasteiger partial charge in [0.2, 0.25) is 0 Å². The van der Waals surface area contributed by atoms with Crippen LogP contribution in [-0.2, 0) is 11.0 Å². The van der Waals surface area contributed by atoms with Gasteiger partial charge in [-0.15, -0.1) is 0 Å². The molecule has 0 radical (unpaired) electrons. The van der Waals surface area contributed by atoms with Crippen LogP contribution in [0.5, 0.6) is 0 Å². The summed E-state index contributed by atoms with van der Waals surface area (Å²) in [6.07, 6.45) is -4.19. The Balaban J connectivity index is 2.36. The molecule has 1 aliphatic rings. The van der Waals surface area contributed by atoms with Crippen LogP contribution in [0.4, 0.5) is 13.2 Å². The van der Waals surface area contributed by atoms with Crippen molar-refractivity contribution in [3.63, 3.8) is 0 Å². The number of alkyl halides is 3. The van der Waals surface area contributed by atoms with E-state index in [0.29, 0.717) is 6.07 Å². The van der Waals surface area contributed by atoms with Crippen molar-refractivity contribution in [3.05, 3.63) is 35.4 Å². The van der Waals surface area contributed by atoms with Gasteiger partial charge >= 0.3 is 12.1 Å². The van der Waals surface area contributed by atoms with Gasteiger partial charge in [0.1, 0.15) is 5.41 Å². The molecule has 0 aromatic heterocycles. The summed E-state index contributed by atoms with van der Waals surface area (Å²) >= 11 is 0. The van der Waals surface area contributed by atoms with E-state index in [1.807, 2.05) is 0 Å². The molecule has 1 aromatic rings. The highest BCUT2D eigenvalue weighted by atomic mass is 19.4. The predicted molar refractivity (Wildman–Crippen MR) is 55.1 cm³/mol. The van der Waals surface area contributed by atoms with E-state index in [0.717, 1.165) is 12.1 Å². The number of carboxylic acids is 1. The van der Waals surface area contributed by atoms with Crippen LogP contribution in [0.1, 0.15) is 28.8 Å². The molecular formula is C12H9F3O3. The third-order valence-corrected chi connectivity index (χ3v) is 3.05. The Labute approximate surface area is 100 Å². The maximum atomic E-state index is 12.5. The lowest BCUT2D eigenvalue weighted by atomic mass is 9.94. The van der Waals surface area contributed by atoms with Gasteiger partial charge in [0.25, 0.3) is 0 Å². The molecule has 1 aliphatic carbocycles. The van der Waals surface area contributed by atoms with Gasteiger partial charge in [-0.1, -0.05) is 12.1 Å². The molecule has 1 fully saturated rings. The second-order valence-corrected chi connectivity index (χ2v) is 4.29. The molecule has 0 spiro atoms. The predicted octanol–water partition coefficient (Wildman–Crippen LogP) is 2.75. The first kappa shape index (κ1) is 12.6. The normalized spacial score (nSPS) is 17.3. The molecule has 0 atom stereocenters. The van der Waals surface area contributed by atoms with Crippen LogP contribution in [0.25, 0.3) is 0 Å². The summed E-state index contributed by atoms with van der Waals surface area (Å²) in [5.41, 5.74) is -2.66. The second kappa shape index (κ2) is 3.83. The van der Waals surface area contributed by atoms with E-state index in [1.165, 1.54) is 6.07 Å². The highest BCUT2D eigenvalue weighted by Gasteiger charge is 2.57. The minimum Gasteiger partial charge on any atom is -0.480 e. The number of benzene rings is 1. The van der Waals surface area contributed by atoms with Gasteiger partial charge in [-0.3, -0.25) is 9.59 Å². The van der Waals surface area contributed by atoms with Crippen molar-refractivity contribution in [2.24, 2.45) is 5.41 Å².